The van der Waals surface area contributed by atoms with Crippen molar-refractivity contribution in [2.75, 3.05) is 11.1 Å². The van der Waals surface area contributed by atoms with E-state index in [1.165, 1.54) is 23.9 Å². The smallest absolute Gasteiger partial charge is 0.234 e. The van der Waals surface area contributed by atoms with Gasteiger partial charge in [-0.1, -0.05) is 42.1 Å². The number of benzene rings is 2. The molecule has 2 aromatic carbocycles. The lowest BCUT2D eigenvalue weighted by molar-refractivity contribution is -0.113. The average molecular weight is 328 g/mol. The van der Waals surface area contributed by atoms with Gasteiger partial charge >= 0.3 is 0 Å². The number of aromatic nitrogens is 3. The number of nitrogens with one attached hydrogen (secondary N) is 1. The zero-order valence-electron chi connectivity index (χ0n) is 12.0. The van der Waals surface area contributed by atoms with Gasteiger partial charge in [0.15, 0.2) is 0 Å². The van der Waals surface area contributed by atoms with E-state index in [2.05, 4.69) is 15.4 Å². The first-order chi connectivity index (χ1) is 11.2. The minimum atomic E-state index is -0.461. The quantitative estimate of drug-likeness (QED) is 0.731. The van der Waals surface area contributed by atoms with Crippen LogP contribution in [0.25, 0.3) is 5.69 Å². The Bertz CT molecular complexity index is 807. The van der Waals surface area contributed by atoms with Gasteiger partial charge in [-0.2, -0.15) is 0 Å². The van der Waals surface area contributed by atoms with Crippen molar-refractivity contribution in [3.63, 3.8) is 0 Å². The van der Waals surface area contributed by atoms with Gasteiger partial charge in [0.2, 0.25) is 11.1 Å². The van der Waals surface area contributed by atoms with Gasteiger partial charge in [-0.15, -0.1) is 5.10 Å². The largest absolute Gasteiger partial charge is 0.323 e. The molecule has 0 saturated heterocycles. The van der Waals surface area contributed by atoms with E-state index in [0.717, 1.165) is 5.69 Å². The van der Waals surface area contributed by atoms with E-state index >= 15 is 0 Å². The fraction of sp³-hybridized carbons (Fsp3) is 0.0625. The van der Waals surface area contributed by atoms with Crippen LogP contribution in [0, 0.1) is 5.82 Å². The number of carbonyl (C=O) groups is 1. The molecule has 1 aromatic heterocycles. The lowest BCUT2D eigenvalue weighted by Crippen LogP contribution is -2.15. The number of halogens is 1. The lowest BCUT2D eigenvalue weighted by Gasteiger charge is -2.04. The number of carbonyl (C=O) groups excluding carboxylic acids is 1. The highest BCUT2D eigenvalue weighted by Crippen LogP contribution is 2.16. The van der Waals surface area contributed by atoms with Crippen LogP contribution < -0.4 is 5.32 Å². The van der Waals surface area contributed by atoms with Gasteiger partial charge in [-0.3, -0.25) is 4.79 Å². The number of hydrogen-bond acceptors (Lipinski definition) is 4. The van der Waals surface area contributed by atoms with Crippen molar-refractivity contribution in [1.29, 1.82) is 0 Å². The molecular formula is C16H13FN4OS. The molecule has 0 spiro atoms. The Labute approximate surface area is 136 Å². The summed E-state index contributed by atoms with van der Waals surface area (Å²) in [4.78, 5) is 16.0. The Morgan fingerprint density at radius 2 is 1.87 bits per heavy atom. The third-order valence-electron chi connectivity index (χ3n) is 2.97. The molecule has 23 heavy (non-hydrogen) atoms. The maximum Gasteiger partial charge on any atom is 0.234 e. The number of hydrogen-bond donors (Lipinski definition) is 1. The zero-order chi connectivity index (χ0) is 16.1. The fourth-order valence-electron chi connectivity index (χ4n) is 1.90. The second-order valence-electron chi connectivity index (χ2n) is 4.62. The number of anilines is 1. The van der Waals surface area contributed by atoms with Crippen LogP contribution in [0.4, 0.5) is 10.1 Å². The normalized spacial score (nSPS) is 10.5. The molecule has 0 saturated carbocycles. The summed E-state index contributed by atoms with van der Waals surface area (Å²) in [5.74, 6) is -0.666. The molecule has 1 heterocycles. The minimum absolute atomic E-state index is 0.104. The Kier molecular flexibility index (Phi) is 4.68. The van der Waals surface area contributed by atoms with E-state index in [9.17, 15) is 9.18 Å². The lowest BCUT2D eigenvalue weighted by atomic mass is 10.3. The summed E-state index contributed by atoms with van der Waals surface area (Å²) in [5, 5.41) is 7.30. The Balaban J connectivity index is 1.58. The minimum Gasteiger partial charge on any atom is -0.323 e. The van der Waals surface area contributed by atoms with Gasteiger partial charge in [-0.25, -0.2) is 14.1 Å². The van der Waals surface area contributed by atoms with E-state index in [0.29, 0.717) is 5.16 Å². The number of para-hydroxylation sites is 2. The number of thioether (sulfide) groups is 1. The molecule has 0 bridgehead atoms. The van der Waals surface area contributed by atoms with Crippen LogP contribution in [0.3, 0.4) is 0 Å². The van der Waals surface area contributed by atoms with Crippen molar-refractivity contribution >= 4 is 23.4 Å². The molecule has 0 aliphatic carbocycles. The van der Waals surface area contributed by atoms with Crippen molar-refractivity contribution in [3.05, 3.63) is 66.7 Å². The first-order valence-electron chi connectivity index (χ1n) is 6.86. The highest BCUT2D eigenvalue weighted by Gasteiger charge is 2.09. The summed E-state index contributed by atoms with van der Waals surface area (Å²) in [6, 6.07) is 15.6. The molecule has 7 heteroatoms. The maximum absolute atomic E-state index is 13.5. The summed E-state index contributed by atoms with van der Waals surface area (Å²) < 4.78 is 15.1. The topological polar surface area (TPSA) is 59.8 Å². The van der Waals surface area contributed by atoms with E-state index < -0.39 is 5.82 Å². The molecule has 1 amide bonds. The van der Waals surface area contributed by atoms with Crippen LogP contribution in [0.1, 0.15) is 0 Å². The van der Waals surface area contributed by atoms with Crippen molar-refractivity contribution in [1.82, 2.24) is 14.8 Å². The van der Waals surface area contributed by atoms with Crippen LogP contribution >= 0.6 is 11.8 Å². The number of rotatable bonds is 5. The number of amides is 1. The van der Waals surface area contributed by atoms with E-state index in [1.54, 1.807) is 23.1 Å². The molecule has 0 radical (unpaired) electrons. The predicted octanol–water partition coefficient (Wildman–Crippen LogP) is 3.14. The summed E-state index contributed by atoms with van der Waals surface area (Å²) in [6.45, 7) is 0. The molecule has 116 valence electrons. The van der Waals surface area contributed by atoms with Crippen LogP contribution in [0.2, 0.25) is 0 Å². The summed E-state index contributed by atoms with van der Waals surface area (Å²) in [7, 11) is 0. The molecule has 3 aromatic rings. The number of nitrogens with zero attached hydrogens (tertiary/aromatic N) is 3. The van der Waals surface area contributed by atoms with Gasteiger partial charge < -0.3 is 5.32 Å². The zero-order valence-corrected chi connectivity index (χ0v) is 12.8. The summed E-state index contributed by atoms with van der Waals surface area (Å²) in [5.41, 5.74) is 1.06. The molecule has 5 nitrogen and oxygen atoms in total. The molecule has 1 N–H and O–H groups in total. The standard InChI is InChI=1S/C16H13FN4OS/c17-13-8-4-5-9-14(13)19-15(22)10-23-16-18-11-21(20-16)12-6-2-1-3-7-12/h1-9,11H,10H2,(H,19,22). The van der Waals surface area contributed by atoms with Gasteiger partial charge in [0.25, 0.3) is 0 Å². The highest BCUT2D eigenvalue weighted by atomic mass is 32.2. The molecule has 0 unspecified atom stereocenters. The maximum atomic E-state index is 13.5. The first kappa shape index (κ1) is 15.2. The second-order valence-corrected chi connectivity index (χ2v) is 5.57. The molecule has 0 fully saturated rings. The predicted molar refractivity (Wildman–Crippen MR) is 87.1 cm³/mol. The summed E-state index contributed by atoms with van der Waals surface area (Å²) in [6.07, 6.45) is 1.59. The van der Waals surface area contributed by atoms with Crippen LogP contribution in [-0.4, -0.2) is 26.4 Å². The SMILES string of the molecule is O=C(CSc1ncn(-c2ccccc2)n1)Nc1ccccc1F. The van der Waals surface area contributed by atoms with Crippen molar-refractivity contribution in [3.8, 4) is 5.69 Å². The van der Waals surface area contributed by atoms with Gasteiger partial charge in [0.05, 0.1) is 17.1 Å². The third kappa shape index (κ3) is 3.95. The highest BCUT2D eigenvalue weighted by molar-refractivity contribution is 7.99. The molecule has 0 atom stereocenters. The average Bonchev–Trinajstić information content (AvgIpc) is 3.05. The molecular weight excluding hydrogens is 315 g/mol. The Morgan fingerprint density at radius 1 is 1.13 bits per heavy atom. The van der Waals surface area contributed by atoms with Gasteiger partial charge in [0.1, 0.15) is 12.1 Å². The van der Waals surface area contributed by atoms with Crippen LogP contribution in [0.5, 0.6) is 0 Å². The van der Waals surface area contributed by atoms with Gasteiger partial charge in [0, 0.05) is 0 Å². The van der Waals surface area contributed by atoms with Crippen LogP contribution in [-0.2, 0) is 4.79 Å². The second kappa shape index (κ2) is 7.06. The van der Waals surface area contributed by atoms with E-state index in [-0.39, 0.29) is 17.3 Å². The summed E-state index contributed by atoms with van der Waals surface area (Å²) >= 11 is 1.19. The van der Waals surface area contributed by atoms with Gasteiger partial charge in [-0.05, 0) is 24.3 Å². The third-order valence-corrected chi connectivity index (χ3v) is 3.82. The van der Waals surface area contributed by atoms with E-state index in [4.69, 9.17) is 0 Å². The first-order valence-corrected chi connectivity index (χ1v) is 7.85. The van der Waals surface area contributed by atoms with Crippen molar-refractivity contribution in [2.45, 2.75) is 5.16 Å². The van der Waals surface area contributed by atoms with Crippen molar-refractivity contribution in [2.24, 2.45) is 0 Å². The van der Waals surface area contributed by atoms with Crippen LogP contribution in [0.15, 0.2) is 66.1 Å². The fourth-order valence-corrected chi connectivity index (χ4v) is 2.50. The molecule has 0 aliphatic heterocycles. The molecule has 3 rings (SSSR count). The monoisotopic (exact) mass is 328 g/mol. The Hall–Kier alpha value is -2.67. The van der Waals surface area contributed by atoms with Crippen molar-refractivity contribution < 1.29 is 9.18 Å². The molecule has 0 aliphatic rings. The van der Waals surface area contributed by atoms with E-state index in [1.807, 2.05) is 30.3 Å². The Morgan fingerprint density at radius 3 is 2.65 bits per heavy atom.